The van der Waals surface area contributed by atoms with Gasteiger partial charge in [-0.25, -0.2) is 0 Å². The lowest BCUT2D eigenvalue weighted by atomic mass is 9.37. The summed E-state index contributed by atoms with van der Waals surface area (Å²) in [5.41, 5.74) is -1.07. The molecule has 1 fully saturated rings. The fourth-order valence-electron chi connectivity index (χ4n) is 4.75. The highest BCUT2D eigenvalue weighted by Crippen LogP contribution is 2.69. The van der Waals surface area contributed by atoms with Crippen LogP contribution in [0, 0.1) is 79.8 Å². The van der Waals surface area contributed by atoms with Crippen LogP contribution in [0.15, 0.2) is 48.6 Å². The number of hydrogen-bond acceptors (Lipinski definition) is 4. The number of hydrogen-bond donors (Lipinski definition) is 0. The molecule has 0 radical (unpaired) electrons. The molecule has 4 atom stereocenters. The lowest BCUT2D eigenvalue weighted by Gasteiger charge is -2.59. The average Bonchev–Trinajstić information content (AvgIpc) is 2.62. The molecule has 4 aliphatic carbocycles. The molecule has 2 bridgehead atoms. The molecule has 0 spiro atoms. The van der Waals surface area contributed by atoms with Gasteiger partial charge in [0, 0.05) is 17.8 Å². The van der Waals surface area contributed by atoms with Crippen LogP contribution in [0.5, 0.6) is 0 Å². The quantitative estimate of drug-likeness (QED) is 0.744. The van der Waals surface area contributed by atoms with Gasteiger partial charge in [-0.15, -0.1) is 0 Å². The van der Waals surface area contributed by atoms with Crippen LogP contribution < -0.4 is 0 Å². The predicted molar refractivity (Wildman–Crippen MR) is 84.8 cm³/mol. The Bertz CT molecular complexity index is 915. The molecule has 112 valence electrons. The topological polar surface area (TPSA) is 95.2 Å². The summed E-state index contributed by atoms with van der Waals surface area (Å²) in [5, 5.41) is 39.1. The molecule has 0 saturated heterocycles. The second-order valence-electron chi connectivity index (χ2n) is 6.59. The van der Waals surface area contributed by atoms with E-state index >= 15 is 0 Å². The van der Waals surface area contributed by atoms with Crippen LogP contribution in [-0.2, 0) is 0 Å². The average molecular weight is 308 g/mol. The van der Waals surface area contributed by atoms with Gasteiger partial charge in [-0.3, -0.25) is 0 Å². The maximum atomic E-state index is 9.82. The van der Waals surface area contributed by atoms with Crippen molar-refractivity contribution in [2.45, 2.75) is 0 Å². The minimum absolute atomic E-state index is 0.0107. The molecular formula is C20H12N4. The third-order valence-corrected chi connectivity index (χ3v) is 5.91. The number of fused-ring (bicyclic) bond motifs is 1. The molecule has 1 aromatic rings. The van der Waals surface area contributed by atoms with Gasteiger partial charge < -0.3 is 0 Å². The van der Waals surface area contributed by atoms with Gasteiger partial charge in [0.05, 0.1) is 24.3 Å². The van der Waals surface area contributed by atoms with E-state index in [9.17, 15) is 21.0 Å². The van der Waals surface area contributed by atoms with Gasteiger partial charge in [0.1, 0.15) is 0 Å². The van der Waals surface area contributed by atoms with Crippen molar-refractivity contribution in [2.24, 2.45) is 34.5 Å². The Morgan fingerprint density at radius 3 is 1.88 bits per heavy atom. The highest BCUT2D eigenvalue weighted by molar-refractivity contribution is 5.76. The zero-order valence-electron chi connectivity index (χ0n) is 12.7. The molecule has 24 heavy (non-hydrogen) atoms. The fraction of sp³-hybridized carbons (Fsp3) is 0.300. The zero-order valence-corrected chi connectivity index (χ0v) is 12.7. The Kier molecular flexibility index (Phi) is 2.72. The third kappa shape index (κ3) is 1.31. The molecule has 0 heterocycles. The van der Waals surface area contributed by atoms with Gasteiger partial charge >= 0.3 is 0 Å². The molecule has 0 unspecified atom stereocenters. The summed E-state index contributed by atoms with van der Waals surface area (Å²) >= 11 is 0. The van der Waals surface area contributed by atoms with Crippen LogP contribution in [0.4, 0.5) is 0 Å². The molecule has 1 saturated carbocycles. The summed E-state index contributed by atoms with van der Waals surface area (Å²) in [6, 6.07) is 18.1. The van der Waals surface area contributed by atoms with Crippen molar-refractivity contribution in [1.82, 2.24) is 0 Å². The molecule has 1 aromatic carbocycles. The number of benzene rings is 1. The largest absolute Gasteiger partial charge is 0.196 e. The first-order chi connectivity index (χ1) is 11.7. The van der Waals surface area contributed by atoms with E-state index in [0.717, 1.165) is 11.1 Å². The summed E-state index contributed by atoms with van der Waals surface area (Å²) in [7, 11) is 0. The first kappa shape index (κ1) is 14.3. The summed E-state index contributed by atoms with van der Waals surface area (Å²) in [6.45, 7) is 0. The number of rotatable bonds is 1. The van der Waals surface area contributed by atoms with Gasteiger partial charge in [-0.1, -0.05) is 48.6 Å². The minimum atomic E-state index is -1.63. The summed E-state index contributed by atoms with van der Waals surface area (Å²) in [4.78, 5) is 0. The van der Waals surface area contributed by atoms with E-state index in [0.29, 0.717) is 0 Å². The fourth-order valence-corrected chi connectivity index (χ4v) is 4.75. The molecular weight excluding hydrogens is 296 g/mol. The standard InChI is InChI=1S/C20H12N4/c21-9-19(10-22)16-6-7-17(20(19,11-23)12-24)18-14(8-15(16)18)13-4-2-1-3-5-13/h1-8,15-18H/t15-,16+,17+,18-/m1/s1. The summed E-state index contributed by atoms with van der Waals surface area (Å²) in [5.74, 6) is -0.822. The van der Waals surface area contributed by atoms with Crippen LogP contribution in [0.2, 0.25) is 0 Å². The van der Waals surface area contributed by atoms with E-state index in [4.69, 9.17) is 0 Å². The van der Waals surface area contributed by atoms with E-state index in [1.165, 1.54) is 0 Å². The molecule has 4 nitrogen and oxygen atoms in total. The molecule has 4 aliphatic rings. The van der Waals surface area contributed by atoms with E-state index in [-0.39, 0.29) is 11.8 Å². The predicted octanol–water partition coefficient (Wildman–Crippen LogP) is 3.20. The van der Waals surface area contributed by atoms with Crippen molar-refractivity contribution in [3.63, 3.8) is 0 Å². The highest BCUT2D eigenvalue weighted by Gasteiger charge is 2.72. The lowest BCUT2D eigenvalue weighted by molar-refractivity contribution is 0.0152. The van der Waals surface area contributed by atoms with Crippen molar-refractivity contribution in [1.29, 1.82) is 21.0 Å². The van der Waals surface area contributed by atoms with E-state index in [2.05, 4.69) is 18.2 Å². The Hall–Kier alpha value is -3.34. The lowest BCUT2D eigenvalue weighted by Crippen LogP contribution is -2.62. The van der Waals surface area contributed by atoms with Crippen LogP contribution in [-0.4, -0.2) is 0 Å². The smallest absolute Gasteiger partial charge is 0.182 e. The second-order valence-corrected chi connectivity index (χ2v) is 6.59. The minimum Gasteiger partial charge on any atom is -0.196 e. The van der Waals surface area contributed by atoms with Crippen molar-refractivity contribution in [2.75, 3.05) is 0 Å². The summed E-state index contributed by atoms with van der Waals surface area (Å²) in [6.07, 6.45) is 5.84. The SMILES string of the molecule is N#CC1(C#N)[C@H]2C=C[C@@H]([C@@H]3C(c4ccccc4)=C[C@@H]32)C1(C#N)C#N. The highest BCUT2D eigenvalue weighted by atomic mass is 14.7. The van der Waals surface area contributed by atoms with Gasteiger partial charge in [0.25, 0.3) is 0 Å². The molecule has 4 heteroatoms. The molecule has 0 aromatic heterocycles. The van der Waals surface area contributed by atoms with Crippen molar-refractivity contribution >= 4 is 5.57 Å². The number of nitrogens with zero attached hydrogens (tertiary/aromatic N) is 4. The number of nitriles is 4. The van der Waals surface area contributed by atoms with E-state index in [1.807, 2.05) is 54.6 Å². The summed E-state index contributed by atoms with van der Waals surface area (Å²) < 4.78 is 0. The van der Waals surface area contributed by atoms with Gasteiger partial charge in [0.15, 0.2) is 10.8 Å². The van der Waals surface area contributed by atoms with Gasteiger partial charge in [-0.2, -0.15) is 21.0 Å². The molecule has 5 rings (SSSR count). The first-order valence-electron chi connectivity index (χ1n) is 7.79. The van der Waals surface area contributed by atoms with Crippen LogP contribution in [0.3, 0.4) is 0 Å². The molecule has 0 amide bonds. The van der Waals surface area contributed by atoms with Crippen molar-refractivity contribution in [3.8, 4) is 24.3 Å². The zero-order chi connectivity index (χ0) is 16.9. The maximum Gasteiger partial charge on any atom is 0.182 e. The van der Waals surface area contributed by atoms with E-state index in [1.54, 1.807) is 0 Å². The third-order valence-electron chi connectivity index (χ3n) is 5.91. The Balaban J connectivity index is 1.92. The Morgan fingerprint density at radius 1 is 0.750 bits per heavy atom. The van der Waals surface area contributed by atoms with Crippen LogP contribution in [0.1, 0.15) is 5.56 Å². The van der Waals surface area contributed by atoms with Gasteiger partial charge in [-0.05, 0) is 17.1 Å². The molecule has 0 N–H and O–H groups in total. The van der Waals surface area contributed by atoms with Crippen LogP contribution in [0.25, 0.3) is 5.57 Å². The molecule has 0 aliphatic heterocycles. The maximum absolute atomic E-state index is 9.82. The number of allylic oxidation sites excluding steroid dienone is 4. The monoisotopic (exact) mass is 308 g/mol. The van der Waals surface area contributed by atoms with Crippen LogP contribution >= 0.6 is 0 Å². The first-order valence-corrected chi connectivity index (χ1v) is 7.79. The normalized spacial score (nSPS) is 32.8. The van der Waals surface area contributed by atoms with E-state index < -0.39 is 22.7 Å². The second kappa shape index (κ2) is 4.58. The van der Waals surface area contributed by atoms with Crippen molar-refractivity contribution < 1.29 is 0 Å². The Labute approximate surface area is 140 Å². The van der Waals surface area contributed by atoms with Gasteiger partial charge in [0.2, 0.25) is 0 Å². The Morgan fingerprint density at radius 2 is 1.29 bits per heavy atom. The van der Waals surface area contributed by atoms with Crippen molar-refractivity contribution in [3.05, 3.63) is 54.1 Å².